The lowest BCUT2D eigenvalue weighted by Gasteiger charge is -2.26. The Bertz CT molecular complexity index is 172. The van der Waals surface area contributed by atoms with Crippen molar-refractivity contribution < 1.29 is 14.4 Å². The van der Waals surface area contributed by atoms with Gasteiger partial charge in [0.25, 0.3) is 0 Å². The molecule has 0 amide bonds. The zero-order chi connectivity index (χ0) is 10.3. The van der Waals surface area contributed by atoms with Crippen LogP contribution in [0.5, 0.6) is 0 Å². The summed E-state index contributed by atoms with van der Waals surface area (Å²) >= 11 is 0. The maximum atomic E-state index is 9.14. The third-order valence-corrected chi connectivity index (χ3v) is 2.58. The second kappa shape index (κ2) is 5.75. The minimum Gasteiger partial charge on any atom is -0.545 e. The normalized spacial score (nSPS) is 18.6. The van der Waals surface area contributed by atoms with E-state index in [1.165, 1.54) is 37.0 Å². The molecule has 0 aromatic rings. The molecule has 1 aliphatic rings. The predicted molar refractivity (Wildman–Crippen MR) is 50.9 cm³/mol. The van der Waals surface area contributed by atoms with Gasteiger partial charge in [-0.15, -0.1) is 0 Å². The number of aliphatic carboxylic acids is 1. The summed E-state index contributed by atoms with van der Waals surface area (Å²) < 4.78 is 1.32. The van der Waals surface area contributed by atoms with Crippen LogP contribution in [0.3, 0.4) is 0 Å². The van der Waals surface area contributed by atoms with E-state index in [2.05, 4.69) is 20.6 Å². The number of likely N-dealkylation sites (tertiary alicyclic amines) is 1. The van der Waals surface area contributed by atoms with E-state index in [0.717, 1.165) is 6.08 Å². The summed E-state index contributed by atoms with van der Waals surface area (Å²) in [6.07, 6.45) is 3.62. The highest BCUT2D eigenvalue weighted by Crippen LogP contribution is 2.14. The first-order chi connectivity index (χ1) is 6.04. The number of nitrogens with zero attached hydrogens (tertiary/aromatic N) is 1. The molecule has 0 aromatic heterocycles. The molecule has 0 aromatic carbocycles. The summed E-state index contributed by atoms with van der Waals surface area (Å²) in [5, 5.41) is 9.14. The highest BCUT2D eigenvalue weighted by Gasteiger charge is 2.23. The second-order valence-electron chi connectivity index (χ2n) is 3.61. The smallest absolute Gasteiger partial charge is 0.0786 e. The molecule has 0 aliphatic carbocycles. The Morgan fingerprint density at radius 1 is 1.54 bits per heavy atom. The Labute approximate surface area is 80.3 Å². The summed E-state index contributed by atoms with van der Waals surface area (Å²) in [4.78, 5) is 9.14. The number of carboxylic acids is 1. The zero-order valence-corrected chi connectivity index (χ0v) is 8.58. The molecule has 0 radical (unpaired) electrons. The molecule has 0 N–H and O–H groups in total. The van der Waals surface area contributed by atoms with Crippen molar-refractivity contribution in [1.82, 2.24) is 0 Å². The van der Waals surface area contributed by atoms with Crippen LogP contribution in [0.4, 0.5) is 0 Å². The Balaban J connectivity index is 0.000000252. The van der Waals surface area contributed by atoms with Crippen LogP contribution in [0.25, 0.3) is 0 Å². The first kappa shape index (κ1) is 12.2. The van der Waals surface area contributed by atoms with E-state index in [9.17, 15) is 0 Å². The third kappa shape index (κ3) is 5.42. The number of quaternary nitrogens is 1. The van der Waals surface area contributed by atoms with Gasteiger partial charge in [-0.3, -0.25) is 0 Å². The van der Waals surface area contributed by atoms with Crippen molar-refractivity contribution in [2.45, 2.75) is 19.8 Å². The molecule has 76 valence electrons. The van der Waals surface area contributed by atoms with Crippen LogP contribution < -0.4 is 5.11 Å². The molecule has 1 fully saturated rings. The number of carboxylic acid groups (broad SMARTS) is 1. The fourth-order valence-corrected chi connectivity index (χ4v) is 1.42. The van der Waals surface area contributed by atoms with E-state index in [4.69, 9.17) is 9.90 Å². The van der Waals surface area contributed by atoms with E-state index >= 15 is 0 Å². The van der Waals surface area contributed by atoms with Crippen LogP contribution in [-0.4, -0.2) is 37.1 Å². The summed E-state index contributed by atoms with van der Waals surface area (Å²) in [5.74, 6) is -1.23. The first-order valence-corrected chi connectivity index (χ1v) is 4.71. The molecule has 0 atom stereocenters. The van der Waals surface area contributed by atoms with Crippen molar-refractivity contribution in [3.63, 3.8) is 0 Å². The van der Waals surface area contributed by atoms with E-state index in [1.54, 1.807) is 0 Å². The summed E-state index contributed by atoms with van der Waals surface area (Å²) in [6.45, 7) is 9.33. The van der Waals surface area contributed by atoms with Crippen molar-refractivity contribution in [3.8, 4) is 0 Å². The highest BCUT2D eigenvalue weighted by molar-refractivity contribution is 5.76. The summed E-state index contributed by atoms with van der Waals surface area (Å²) in [5.41, 5.74) is 0. The maximum absolute atomic E-state index is 9.14. The standard InChI is InChI=1S/C7H16N.C3H4O2/c1-3-8(2)6-4-5-7-8;1-2-3(4)5/h3-7H2,1-2H3;2H,1H2,(H,4,5)/q+1;/p-1. The van der Waals surface area contributed by atoms with Crippen molar-refractivity contribution >= 4 is 5.97 Å². The van der Waals surface area contributed by atoms with E-state index < -0.39 is 5.97 Å². The minimum absolute atomic E-state index is 0.722. The Morgan fingerprint density at radius 3 is 2.08 bits per heavy atom. The molecule has 3 nitrogen and oxygen atoms in total. The molecule has 0 unspecified atom stereocenters. The van der Waals surface area contributed by atoms with Crippen molar-refractivity contribution in [2.24, 2.45) is 0 Å². The second-order valence-corrected chi connectivity index (χ2v) is 3.61. The van der Waals surface area contributed by atoms with Crippen molar-refractivity contribution in [2.75, 3.05) is 26.7 Å². The third-order valence-electron chi connectivity index (χ3n) is 2.58. The first-order valence-electron chi connectivity index (χ1n) is 4.71. The van der Waals surface area contributed by atoms with E-state index in [1.807, 2.05) is 0 Å². The number of hydrogen-bond acceptors (Lipinski definition) is 2. The monoisotopic (exact) mass is 185 g/mol. The molecule has 1 saturated heterocycles. The zero-order valence-electron chi connectivity index (χ0n) is 8.58. The fourth-order valence-electron chi connectivity index (χ4n) is 1.42. The quantitative estimate of drug-likeness (QED) is 0.454. The van der Waals surface area contributed by atoms with Crippen LogP contribution in [0.2, 0.25) is 0 Å². The Kier molecular flexibility index (Phi) is 5.39. The minimum atomic E-state index is -1.23. The van der Waals surface area contributed by atoms with E-state index in [0.29, 0.717) is 0 Å². The predicted octanol–water partition coefficient (Wildman–Crippen LogP) is 0.169. The molecule has 1 heterocycles. The summed E-state index contributed by atoms with van der Waals surface area (Å²) in [6, 6.07) is 0. The van der Waals surface area contributed by atoms with Gasteiger partial charge in [-0.1, -0.05) is 6.58 Å². The van der Waals surface area contributed by atoms with Gasteiger partial charge in [0.15, 0.2) is 0 Å². The molecule has 1 aliphatic heterocycles. The van der Waals surface area contributed by atoms with Crippen LogP contribution >= 0.6 is 0 Å². The molecule has 0 spiro atoms. The average molecular weight is 185 g/mol. The molecular weight excluding hydrogens is 166 g/mol. The molecule has 0 bridgehead atoms. The topological polar surface area (TPSA) is 40.1 Å². The van der Waals surface area contributed by atoms with Gasteiger partial charge in [-0.25, -0.2) is 0 Å². The van der Waals surface area contributed by atoms with Gasteiger partial charge in [0.2, 0.25) is 0 Å². The van der Waals surface area contributed by atoms with Crippen LogP contribution in [-0.2, 0) is 4.79 Å². The van der Waals surface area contributed by atoms with Gasteiger partial charge < -0.3 is 14.4 Å². The summed E-state index contributed by atoms with van der Waals surface area (Å²) in [7, 11) is 2.35. The molecule has 0 saturated carbocycles. The van der Waals surface area contributed by atoms with Crippen molar-refractivity contribution in [3.05, 3.63) is 12.7 Å². The number of carbonyl (C=O) groups is 1. The van der Waals surface area contributed by atoms with Crippen LogP contribution in [0.15, 0.2) is 12.7 Å². The lowest BCUT2D eigenvalue weighted by Crippen LogP contribution is -2.40. The van der Waals surface area contributed by atoms with Gasteiger partial charge >= 0.3 is 0 Å². The van der Waals surface area contributed by atoms with E-state index in [-0.39, 0.29) is 0 Å². The van der Waals surface area contributed by atoms with Crippen molar-refractivity contribution in [1.29, 1.82) is 0 Å². The van der Waals surface area contributed by atoms with Gasteiger partial charge in [0.1, 0.15) is 0 Å². The average Bonchev–Trinajstić information content (AvgIpc) is 2.54. The number of rotatable bonds is 2. The van der Waals surface area contributed by atoms with Gasteiger partial charge in [-0.2, -0.15) is 0 Å². The van der Waals surface area contributed by atoms with Gasteiger partial charge in [0.05, 0.1) is 32.7 Å². The lowest BCUT2D eigenvalue weighted by atomic mass is 10.4. The molecule has 3 heteroatoms. The Morgan fingerprint density at radius 2 is 1.92 bits per heavy atom. The maximum Gasteiger partial charge on any atom is 0.0786 e. The van der Waals surface area contributed by atoms with Crippen LogP contribution in [0, 0.1) is 0 Å². The van der Waals surface area contributed by atoms with Gasteiger partial charge in [-0.05, 0) is 13.0 Å². The highest BCUT2D eigenvalue weighted by atomic mass is 16.4. The molecular formula is C10H19NO2. The Hall–Kier alpha value is -0.830. The molecule has 1 rings (SSSR count). The van der Waals surface area contributed by atoms with Crippen LogP contribution in [0.1, 0.15) is 19.8 Å². The fraction of sp³-hybridized carbons (Fsp3) is 0.700. The largest absolute Gasteiger partial charge is 0.545 e. The molecule has 13 heavy (non-hydrogen) atoms. The van der Waals surface area contributed by atoms with Gasteiger partial charge in [0, 0.05) is 12.8 Å². The SMILES string of the molecule is C=CC(=O)[O-].CC[N+]1(C)CCCC1. The number of carbonyl (C=O) groups excluding carboxylic acids is 1. The number of hydrogen-bond donors (Lipinski definition) is 0. The lowest BCUT2D eigenvalue weighted by molar-refractivity contribution is -0.895.